The molecule has 3 rings (SSSR count). The van der Waals surface area contributed by atoms with Gasteiger partial charge in [0.05, 0.1) is 0 Å². The van der Waals surface area contributed by atoms with E-state index in [-0.39, 0.29) is 5.91 Å². The van der Waals surface area contributed by atoms with Crippen LogP contribution in [0.25, 0.3) is 0 Å². The second-order valence-electron chi connectivity index (χ2n) is 6.19. The van der Waals surface area contributed by atoms with Crippen molar-refractivity contribution >= 4 is 57.8 Å². The Kier molecular flexibility index (Phi) is 6.01. The number of thiocarbonyl (C=S) groups is 1. The Morgan fingerprint density at radius 1 is 1.23 bits per heavy atom. The molecule has 2 aromatic carbocycles. The minimum atomic E-state index is 0.170. The summed E-state index contributed by atoms with van der Waals surface area (Å²) in [5.41, 5.74) is 3.75. The predicted octanol–water partition coefficient (Wildman–Crippen LogP) is 4.92. The molecule has 0 aromatic heterocycles. The summed E-state index contributed by atoms with van der Waals surface area (Å²) in [5, 5.41) is 7.97. The Hall–Kier alpha value is -1.82. The summed E-state index contributed by atoms with van der Waals surface area (Å²) in [4.78, 5) is 13.9. The third-order valence-corrected chi connectivity index (χ3v) is 5.12. The first kappa shape index (κ1) is 19.0. The lowest BCUT2D eigenvalue weighted by molar-refractivity contribution is -0.117. The van der Waals surface area contributed by atoms with Crippen LogP contribution in [0.15, 0.2) is 36.4 Å². The lowest BCUT2D eigenvalue weighted by Gasteiger charge is -2.20. The fourth-order valence-electron chi connectivity index (χ4n) is 2.90. The summed E-state index contributed by atoms with van der Waals surface area (Å²) >= 11 is 17.4. The summed E-state index contributed by atoms with van der Waals surface area (Å²) in [6.07, 6.45) is 1.51. The highest BCUT2D eigenvalue weighted by Crippen LogP contribution is 2.28. The third kappa shape index (κ3) is 4.47. The molecule has 1 fully saturated rings. The fourth-order valence-corrected chi connectivity index (χ4v) is 3.56. The van der Waals surface area contributed by atoms with Crippen LogP contribution < -0.4 is 15.5 Å². The molecule has 0 atom stereocenters. The lowest BCUT2D eigenvalue weighted by Crippen LogP contribution is -2.28. The number of hydrogen-bond donors (Lipinski definition) is 2. The molecule has 2 N–H and O–H groups in total. The smallest absolute Gasteiger partial charge is 0.227 e. The van der Waals surface area contributed by atoms with Crippen LogP contribution >= 0.6 is 35.4 Å². The van der Waals surface area contributed by atoms with Gasteiger partial charge >= 0.3 is 0 Å². The average Bonchev–Trinajstić information content (AvgIpc) is 3.01. The van der Waals surface area contributed by atoms with Crippen molar-refractivity contribution < 1.29 is 4.79 Å². The monoisotopic (exact) mass is 407 g/mol. The number of rotatable bonds is 4. The molecule has 0 aliphatic carbocycles. The first-order valence-corrected chi connectivity index (χ1v) is 9.50. The molecule has 0 radical (unpaired) electrons. The van der Waals surface area contributed by atoms with Crippen molar-refractivity contribution in [2.45, 2.75) is 26.3 Å². The van der Waals surface area contributed by atoms with Gasteiger partial charge < -0.3 is 15.5 Å². The Balaban J connectivity index is 1.65. The molecule has 1 saturated heterocycles. The van der Waals surface area contributed by atoms with Crippen molar-refractivity contribution in [3.05, 3.63) is 57.6 Å². The number of nitrogens with zero attached hydrogens (tertiary/aromatic N) is 1. The molecule has 2 aromatic rings. The van der Waals surface area contributed by atoms with E-state index in [4.69, 9.17) is 35.4 Å². The molecule has 0 spiro atoms. The summed E-state index contributed by atoms with van der Waals surface area (Å²) in [6.45, 7) is 3.26. The molecule has 26 heavy (non-hydrogen) atoms. The SMILES string of the molecule is Cc1ccc(NC(=S)NCc2ccc(Cl)cc2Cl)cc1N1CCCC1=O. The van der Waals surface area contributed by atoms with E-state index in [1.54, 1.807) is 12.1 Å². The predicted molar refractivity (Wildman–Crippen MR) is 112 cm³/mol. The number of hydrogen-bond acceptors (Lipinski definition) is 2. The highest BCUT2D eigenvalue weighted by atomic mass is 35.5. The van der Waals surface area contributed by atoms with Gasteiger partial charge in [0.25, 0.3) is 0 Å². The van der Waals surface area contributed by atoms with Gasteiger partial charge in [0.1, 0.15) is 0 Å². The van der Waals surface area contributed by atoms with Crippen molar-refractivity contribution in [3.63, 3.8) is 0 Å². The normalized spacial score (nSPS) is 13.8. The second kappa shape index (κ2) is 8.25. The first-order chi connectivity index (χ1) is 12.4. The van der Waals surface area contributed by atoms with Crippen LogP contribution in [0.5, 0.6) is 0 Å². The summed E-state index contributed by atoms with van der Waals surface area (Å²) in [6, 6.07) is 11.3. The molecule has 0 saturated carbocycles. The highest BCUT2D eigenvalue weighted by molar-refractivity contribution is 7.80. The minimum Gasteiger partial charge on any atom is -0.358 e. The summed E-state index contributed by atoms with van der Waals surface area (Å²) in [5.74, 6) is 0.170. The Labute approximate surface area is 168 Å². The maximum Gasteiger partial charge on any atom is 0.227 e. The first-order valence-electron chi connectivity index (χ1n) is 8.34. The standard InChI is InChI=1S/C19H19Cl2N3OS/c1-12-4-7-15(10-17(12)24-8-2-3-18(24)25)23-19(26)22-11-13-5-6-14(20)9-16(13)21/h4-7,9-10H,2-3,8,11H2,1H3,(H2,22,23,26). The number of nitrogens with one attached hydrogen (secondary N) is 2. The molecular formula is C19H19Cl2N3OS. The molecule has 1 amide bonds. The number of halogens is 2. The van der Waals surface area contributed by atoms with E-state index in [0.717, 1.165) is 35.5 Å². The minimum absolute atomic E-state index is 0.170. The molecule has 1 aliphatic rings. The molecule has 136 valence electrons. The van der Waals surface area contributed by atoms with Gasteiger partial charge in [-0.15, -0.1) is 0 Å². The van der Waals surface area contributed by atoms with Crippen LogP contribution in [0.1, 0.15) is 24.0 Å². The number of carbonyl (C=O) groups excluding carboxylic acids is 1. The molecule has 0 unspecified atom stereocenters. The van der Waals surface area contributed by atoms with Gasteiger partial charge in [0, 0.05) is 40.9 Å². The van der Waals surface area contributed by atoms with E-state index < -0.39 is 0 Å². The van der Waals surface area contributed by atoms with Crippen LogP contribution in [0.4, 0.5) is 11.4 Å². The van der Waals surface area contributed by atoms with Crippen LogP contribution in [0, 0.1) is 6.92 Å². The van der Waals surface area contributed by atoms with Crippen LogP contribution in [0.2, 0.25) is 10.0 Å². The number of aryl methyl sites for hydroxylation is 1. The Bertz CT molecular complexity index is 857. The zero-order chi connectivity index (χ0) is 18.7. The van der Waals surface area contributed by atoms with Gasteiger partial charge in [-0.2, -0.15) is 0 Å². The van der Waals surface area contributed by atoms with E-state index in [0.29, 0.717) is 28.1 Å². The van der Waals surface area contributed by atoms with E-state index >= 15 is 0 Å². The zero-order valence-corrected chi connectivity index (χ0v) is 16.6. The fraction of sp³-hybridized carbons (Fsp3) is 0.263. The van der Waals surface area contributed by atoms with E-state index in [1.165, 1.54) is 0 Å². The second-order valence-corrected chi connectivity index (χ2v) is 7.45. The van der Waals surface area contributed by atoms with Gasteiger partial charge in [0.15, 0.2) is 5.11 Å². The van der Waals surface area contributed by atoms with Gasteiger partial charge in [-0.05, 0) is 61.0 Å². The maximum absolute atomic E-state index is 12.0. The van der Waals surface area contributed by atoms with Gasteiger partial charge in [-0.25, -0.2) is 0 Å². The number of carbonyl (C=O) groups is 1. The average molecular weight is 408 g/mol. The highest BCUT2D eigenvalue weighted by Gasteiger charge is 2.23. The van der Waals surface area contributed by atoms with Crippen LogP contribution in [-0.2, 0) is 11.3 Å². The van der Waals surface area contributed by atoms with Crippen molar-refractivity contribution in [2.24, 2.45) is 0 Å². The van der Waals surface area contributed by atoms with Crippen LogP contribution in [0.3, 0.4) is 0 Å². The molecule has 0 bridgehead atoms. The van der Waals surface area contributed by atoms with E-state index in [9.17, 15) is 4.79 Å². The van der Waals surface area contributed by atoms with E-state index in [1.807, 2.05) is 36.1 Å². The molecule has 1 heterocycles. The van der Waals surface area contributed by atoms with Crippen molar-refractivity contribution in [1.29, 1.82) is 0 Å². The topological polar surface area (TPSA) is 44.4 Å². The summed E-state index contributed by atoms with van der Waals surface area (Å²) < 4.78 is 0. The number of amides is 1. The zero-order valence-electron chi connectivity index (χ0n) is 14.3. The number of benzene rings is 2. The molecular weight excluding hydrogens is 389 g/mol. The number of anilines is 2. The largest absolute Gasteiger partial charge is 0.358 e. The Morgan fingerprint density at radius 2 is 2.04 bits per heavy atom. The quantitative estimate of drug-likeness (QED) is 0.706. The van der Waals surface area contributed by atoms with Crippen molar-refractivity contribution in [3.8, 4) is 0 Å². The molecule has 4 nitrogen and oxygen atoms in total. The van der Waals surface area contributed by atoms with Gasteiger partial charge in [-0.3, -0.25) is 4.79 Å². The summed E-state index contributed by atoms with van der Waals surface area (Å²) in [7, 11) is 0. The van der Waals surface area contributed by atoms with Crippen molar-refractivity contribution in [1.82, 2.24) is 5.32 Å². The third-order valence-electron chi connectivity index (χ3n) is 4.29. The maximum atomic E-state index is 12.0. The van der Waals surface area contributed by atoms with Gasteiger partial charge in [-0.1, -0.05) is 35.3 Å². The lowest BCUT2D eigenvalue weighted by atomic mass is 10.1. The van der Waals surface area contributed by atoms with Crippen molar-refractivity contribution in [2.75, 3.05) is 16.8 Å². The molecule has 1 aliphatic heterocycles. The van der Waals surface area contributed by atoms with Gasteiger partial charge in [0.2, 0.25) is 5.91 Å². The van der Waals surface area contributed by atoms with Crippen LogP contribution in [-0.4, -0.2) is 17.6 Å². The van der Waals surface area contributed by atoms with E-state index in [2.05, 4.69) is 10.6 Å². The Morgan fingerprint density at radius 3 is 2.73 bits per heavy atom. The molecule has 7 heteroatoms.